The van der Waals surface area contributed by atoms with E-state index in [1.165, 1.54) is 0 Å². The number of nitrogens with two attached hydrogens (primary N) is 1. The smallest absolute Gasteiger partial charge is 0.268 e. The highest BCUT2D eigenvalue weighted by molar-refractivity contribution is 6.74. The van der Waals surface area contributed by atoms with Gasteiger partial charge in [0.25, 0.3) is 5.91 Å². The minimum Gasteiger partial charge on any atom is -0.415 e. The van der Waals surface area contributed by atoms with Gasteiger partial charge in [0, 0.05) is 31.0 Å². The van der Waals surface area contributed by atoms with E-state index in [9.17, 15) is 9.59 Å². The summed E-state index contributed by atoms with van der Waals surface area (Å²) >= 11 is 0. The largest absolute Gasteiger partial charge is 0.415 e. The molecule has 3 N–H and O–H groups in total. The Hall–Kier alpha value is -3.69. The van der Waals surface area contributed by atoms with Crippen LogP contribution >= 0.6 is 0 Å². The maximum absolute atomic E-state index is 12.6. The third-order valence-electron chi connectivity index (χ3n) is 7.96. The van der Waals surface area contributed by atoms with E-state index in [1.807, 2.05) is 53.1 Å². The number of nitrogens with zero attached hydrogens (tertiary/aromatic N) is 3. The van der Waals surface area contributed by atoms with Crippen molar-refractivity contribution in [1.29, 1.82) is 0 Å². The number of anilines is 1. The molecule has 9 heteroatoms. The highest BCUT2D eigenvalue weighted by atomic mass is 28.4. The van der Waals surface area contributed by atoms with Gasteiger partial charge < -0.3 is 24.6 Å². The zero-order chi connectivity index (χ0) is 28.9. The number of benzene rings is 2. The van der Waals surface area contributed by atoms with E-state index < -0.39 is 14.2 Å². The van der Waals surface area contributed by atoms with Crippen molar-refractivity contribution in [2.45, 2.75) is 70.8 Å². The zero-order valence-electron chi connectivity index (χ0n) is 24.2. The summed E-state index contributed by atoms with van der Waals surface area (Å²) in [6, 6.07) is 18.1. The average Bonchev–Trinajstić information content (AvgIpc) is 3.55. The molecule has 4 rings (SSSR count). The number of amides is 2. The Balaban J connectivity index is 1.46. The van der Waals surface area contributed by atoms with Crippen LogP contribution < -0.4 is 11.1 Å². The summed E-state index contributed by atoms with van der Waals surface area (Å²) in [5.74, 6) is -0.549. The number of hydrogen-bond donors (Lipinski definition) is 2. The van der Waals surface area contributed by atoms with E-state index in [2.05, 4.69) is 61.0 Å². The Morgan fingerprint density at radius 3 is 2.52 bits per heavy atom. The molecule has 2 aromatic carbocycles. The SMILES string of the molecule is CC(C)(C)[Si](C)(C)OCC(CCn1ccc2ccc(NC(=O)CCc3ccccc3)cc21)n1cnc(C(N)=O)c1. The number of hydrogen-bond acceptors (Lipinski definition) is 4. The van der Waals surface area contributed by atoms with Crippen LogP contribution in [-0.2, 0) is 22.2 Å². The van der Waals surface area contributed by atoms with Crippen LogP contribution in [0.3, 0.4) is 0 Å². The lowest BCUT2D eigenvalue weighted by Crippen LogP contribution is -2.42. The molecule has 0 bridgehead atoms. The Bertz CT molecular complexity index is 1450. The maximum atomic E-state index is 12.6. The van der Waals surface area contributed by atoms with Crippen LogP contribution in [0, 0.1) is 0 Å². The summed E-state index contributed by atoms with van der Waals surface area (Å²) in [4.78, 5) is 28.5. The third kappa shape index (κ3) is 7.28. The van der Waals surface area contributed by atoms with Crippen LogP contribution in [0.25, 0.3) is 10.9 Å². The lowest BCUT2D eigenvalue weighted by Gasteiger charge is -2.37. The van der Waals surface area contributed by atoms with Crippen molar-refractivity contribution in [2.24, 2.45) is 5.73 Å². The normalized spacial score (nSPS) is 12.9. The van der Waals surface area contributed by atoms with Crippen molar-refractivity contribution in [3.63, 3.8) is 0 Å². The minimum atomic E-state index is -1.98. The Morgan fingerprint density at radius 2 is 1.85 bits per heavy atom. The number of imidazole rings is 1. The fraction of sp³-hybridized carbons (Fsp3) is 0.387. The number of rotatable bonds is 12. The Labute approximate surface area is 237 Å². The maximum Gasteiger partial charge on any atom is 0.268 e. The van der Waals surface area contributed by atoms with Crippen molar-refractivity contribution in [1.82, 2.24) is 14.1 Å². The van der Waals surface area contributed by atoms with Gasteiger partial charge in [0.2, 0.25) is 5.91 Å². The quantitative estimate of drug-likeness (QED) is 0.203. The van der Waals surface area contributed by atoms with E-state index in [1.54, 1.807) is 12.5 Å². The van der Waals surface area contributed by atoms with Gasteiger partial charge in [0.15, 0.2) is 8.32 Å². The number of nitrogens with one attached hydrogen (secondary N) is 1. The first-order chi connectivity index (χ1) is 18.9. The molecule has 2 heterocycles. The van der Waals surface area contributed by atoms with Gasteiger partial charge in [-0.2, -0.15) is 0 Å². The monoisotopic (exact) mass is 559 g/mol. The second kappa shape index (κ2) is 12.2. The summed E-state index contributed by atoms with van der Waals surface area (Å²) in [7, 11) is -1.98. The molecule has 0 spiro atoms. The Kier molecular flexibility index (Phi) is 8.95. The number of carbonyl (C=O) groups excluding carboxylic acids is 2. The summed E-state index contributed by atoms with van der Waals surface area (Å²) in [6.07, 6.45) is 7.34. The molecule has 8 nitrogen and oxygen atoms in total. The van der Waals surface area contributed by atoms with E-state index in [4.69, 9.17) is 10.2 Å². The van der Waals surface area contributed by atoms with Gasteiger partial charge in [-0.1, -0.05) is 57.2 Å². The van der Waals surface area contributed by atoms with E-state index in [-0.39, 0.29) is 22.7 Å². The molecule has 0 saturated heterocycles. The number of primary amides is 1. The number of aromatic nitrogens is 3. The number of carbonyl (C=O) groups is 2. The van der Waals surface area contributed by atoms with Crippen LogP contribution in [0.5, 0.6) is 0 Å². The van der Waals surface area contributed by atoms with Crippen LogP contribution in [-0.4, -0.2) is 40.9 Å². The number of fused-ring (bicyclic) bond motifs is 1. The molecule has 0 aliphatic rings. The van der Waals surface area contributed by atoms with E-state index in [0.29, 0.717) is 19.4 Å². The lowest BCUT2D eigenvalue weighted by molar-refractivity contribution is -0.116. The first kappa shape index (κ1) is 29.3. The molecular formula is C31H41N5O3Si. The molecule has 0 radical (unpaired) electrons. The molecule has 212 valence electrons. The molecule has 0 fully saturated rings. The standard InChI is InChI=1S/C31H41N5O3Si/c1-31(2,3)40(4,5)39-21-26(36-20-27(30(32)38)33-22-36)16-18-35-17-15-24-12-13-25(19-28(24)35)34-29(37)14-11-23-9-7-6-8-10-23/h6-10,12-13,15,17,19-20,22,26H,11,14,16,18,21H2,1-5H3,(H2,32,38)(H,34,37). The van der Waals surface area contributed by atoms with Gasteiger partial charge in [0.1, 0.15) is 5.69 Å². The lowest BCUT2D eigenvalue weighted by atomic mass is 10.1. The summed E-state index contributed by atoms with van der Waals surface area (Å²) in [6.45, 7) is 12.4. The van der Waals surface area contributed by atoms with Crippen LogP contribution in [0.1, 0.15) is 55.7 Å². The number of aryl methyl sites for hydroxylation is 2. The molecule has 1 unspecified atom stereocenters. The third-order valence-corrected chi connectivity index (χ3v) is 12.5. The minimum absolute atomic E-state index is 0.00508. The predicted octanol–water partition coefficient (Wildman–Crippen LogP) is 6.16. The van der Waals surface area contributed by atoms with Crippen molar-refractivity contribution in [3.8, 4) is 0 Å². The van der Waals surface area contributed by atoms with Crippen LogP contribution in [0.15, 0.2) is 73.3 Å². The van der Waals surface area contributed by atoms with Crippen LogP contribution in [0.4, 0.5) is 5.69 Å². The van der Waals surface area contributed by atoms with E-state index in [0.717, 1.165) is 35.1 Å². The van der Waals surface area contributed by atoms with Gasteiger partial charge in [-0.05, 0) is 60.1 Å². The predicted molar refractivity (Wildman–Crippen MR) is 163 cm³/mol. The summed E-state index contributed by atoms with van der Waals surface area (Å²) in [5.41, 5.74) is 8.69. The summed E-state index contributed by atoms with van der Waals surface area (Å²) < 4.78 is 10.7. The molecule has 0 saturated carbocycles. The fourth-order valence-corrected chi connectivity index (χ4v) is 5.42. The fourth-order valence-electron chi connectivity index (χ4n) is 4.37. The van der Waals surface area contributed by atoms with Crippen molar-refractivity contribution < 1.29 is 14.0 Å². The molecule has 2 amide bonds. The van der Waals surface area contributed by atoms with Crippen LogP contribution in [0.2, 0.25) is 18.1 Å². The van der Waals surface area contributed by atoms with E-state index >= 15 is 0 Å². The average molecular weight is 560 g/mol. The second-order valence-corrected chi connectivity index (χ2v) is 16.7. The highest BCUT2D eigenvalue weighted by Gasteiger charge is 2.37. The van der Waals surface area contributed by atoms with Crippen molar-refractivity contribution in [2.75, 3.05) is 11.9 Å². The van der Waals surface area contributed by atoms with Gasteiger partial charge in [-0.25, -0.2) is 4.98 Å². The zero-order valence-corrected chi connectivity index (χ0v) is 25.2. The molecular weight excluding hydrogens is 518 g/mol. The highest BCUT2D eigenvalue weighted by Crippen LogP contribution is 2.37. The van der Waals surface area contributed by atoms with Gasteiger partial charge in [-0.15, -0.1) is 0 Å². The van der Waals surface area contributed by atoms with Gasteiger partial charge in [-0.3, -0.25) is 9.59 Å². The molecule has 0 aliphatic heterocycles. The first-order valence-corrected chi connectivity index (χ1v) is 16.7. The first-order valence-electron chi connectivity index (χ1n) is 13.8. The molecule has 2 aromatic heterocycles. The van der Waals surface area contributed by atoms with Crippen molar-refractivity contribution in [3.05, 3.63) is 84.6 Å². The molecule has 4 aromatic rings. The Morgan fingerprint density at radius 1 is 1.10 bits per heavy atom. The van der Waals surface area contributed by atoms with Gasteiger partial charge in [0.05, 0.1) is 24.5 Å². The van der Waals surface area contributed by atoms with Crippen molar-refractivity contribution >= 4 is 36.7 Å². The summed E-state index contributed by atoms with van der Waals surface area (Å²) in [5, 5.41) is 4.25. The molecule has 0 aliphatic carbocycles. The molecule has 1 atom stereocenters. The second-order valence-electron chi connectivity index (χ2n) is 11.9. The topological polar surface area (TPSA) is 104 Å². The van der Waals surface area contributed by atoms with Gasteiger partial charge >= 0.3 is 0 Å². The molecule has 40 heavy (non-hydrogen) atoms.